The number of aromatic amines is 1. The minimum absolute atomic E-state index is 0.0376. The van der Waals surface area contributed by atoms with Crippen LogP contribution in [0.15, 0.2) is 163 Å². The molecule has 6 aromatic rings. The van der Waals surface area contributed by atoms with Gasteiger partial charge in [0.15, 0.2) is 0 Å². The van der Waals surface area contributed by atoms with Crippen molar-refractivity contribution in [1.29, 1.82) is 0 Å². The number of aromatic nitrogens is 2. The average Bonchev–Trinajstić information content (AvgIpc) is 1.17. The normalized spacial score (nSPS) is 19.0. The number of hydrogen-bond acceptors (Lipinski definition) is 14. The fourth-order valence-corrected chi connectivity index (χ4v) is 15.2. The lowest BCUT2D eigenvalue weighted by molar-refractivity contribution is -0.0436. The van der Waals surface area contributed by atoms with Gasteiger partial charge >= 0.3 is 11.2 Å². The number of thioether (sulfide) groups is 1. The highest BCUT2D eigenvalue weighted by Gasteiger charge is 2.49. The Kier molecular flexibility index (Phi) is 20.6. The molecule has 5 aromatic carbocycles. The molecule has 0 saturated carbocycles. The summed E-state index contributed by atoms with van der Waals surface area (Å²) in [6, 6.07) is 31.7. The molecule has 1 aliphatic carbocycles. The van der Waals surface area contributed by atoms with Crippen molar-refractivity contribution in [3.8, 4) is 0 Å². The van der Waals surface area contributed by atoms with E-state index < -0.39 is 64.0 Å². The largest absolute Gasteiger partial charge is 0.501 e. The molecule has 16 nitrogen and oxygen atoms in total. The topological polar surface area (TPSA) is 186 Å². The molecular weight excluding hydrogens is 1220 g/mol. The summed E-state index contributed by atoms with van der Waals surface area (Å²) in [7, 11) is -11.0. The standard InChI is InChI=1S/C64H71ClF4N8O8S3/c1-63(44-75-27-21-47(22-28-75)56-38-45(8-18-57(56)66)41-77-30-24-60(78)71-62(77)80)25-20-55(46-9-13-50(65)14-10-46)49(40-63)42-74-31-33-76(34-32-74)52-15-11-48(12-16-52)61(79)72-88(83,84)54-17-19-58(59(39-54)87(81,82)64(67,68)69)70-51(43-86-53-6-3-2-4-7-53)23-29-73-26-5-36-85-37-35-73/h2-4,6-19,21,24,30,38-39,51,70H,5,20,22-23,25-29,31-37,40-44H2,1H3,(H,72,79)(H,71,78,80)/t51-,63-/m1/s1. The van der Waals surface area contributed by atoms with Crippen molar-refractivity contribution >= 4 is 71.7 Å². The van der Waals surface area contributed by atoms with Crippen LogP contribution in [0, 0.1) is 11.2 Å². The molecule has 24 heteroatoms. The smallest absolute Gasteiger partial charge is 0.380 e. The second kappa shape index (κ2) is 28.1. The number of ether oxygens (including phenoxy) is 1. The van der Waals surface area contributed by atoms with Crippen LogP contribution in [0.1, 0.15) is 72.5 Å². The Labute approximate surface area is 519 Å². The molecule has 4 heterocycles. The van der Waals surface area contributed by atoms with Gasteiger partial charge in [-0.25, -0.2) is 30.7 Å². The van der Waals surface area contributed by atoms with E-state index in [1.165, 1.54) is 57.9 Å². The molecule has 3 aliphatic heterocycles. The molecule has 1 aromatic heterocycles. The number of piperazine rings is 1. The van der Waals surface area contributed by atoms with Gasteiger partial charge in [0, 0.05) is 129 Å². The first-order valence-electron chi connectivity index (χ1n) is 29.4. The van der Waals surface area contributed by atoms with Crippen LogP contribution < -0.4 is 26.2 Å². The number of anilines is 2. The first-order chi connectivity index (χ1) is 42.1. The van der Waals surface area contributed by atoms with E-state index >= 15 is 4.39 Å². The lowest BCUT2D eigenvalue weighted by Gasteiger charge is -2.43. The van der Waals surface area contributed by atoms with Crippen LogP contribution in [0.3, 0.4) is 0 Å². The van der Waals surface area contributed by atoms with Crippen LogP contribution in [0.25, 0.3) is 11.1 Å². The van der Waals surface area contributed by atoms with E-state index in [-0.39, 0.29) is 23.3 Å². The Morgan fingerprint density at radius 2 is 1.58 bits per heavy atom. The maximum Gasteiger partial charge on any atom is 0.501 e. The van der Waals surface area contributed by atoms with Gasteiger partial charge in [-0.05, 0) is 145 Å². The number of sulfone groups is 1. The average molecular weight is 1290 g/mol. The number of hydrogen-bond donors (Lipinski definition) is 3. The van der Waals surface area contributed by atoms with E-state index in [0.717, 1.165) is 104 Å². The predicted molar refractivity (Wildman–Crippen MR) is 337 cm³/mol. The summed E-state index contributed by atoms with van der Waals surface area (Å²) in [4.78, 5) is 47.8. The summed E-state index contributed by atoms with van der Waals surface area (Å²) in [5, 5.41) is 3.68. The molecule has 10 rings (SSSR count). The first-order valence-corrected chi connectivity index (χ1v) is 33.7. The van der Waals surface area contributed by atoms with Gasteiger partial charge in [0.05, 0.1) is 23.7 Å². The van der Waals surface area contributed by atoms with Gasteiger partial charge in [-0.3, -0.25) is 28.9 Å². The van der Waals surface area contributed by atoms with Crippen LogP contribution in [0.5, 0.6) is 0 Å². The molecule has 468 valence electrons. The minimum Gasteiger partial charge on any atom is -0.380 e. The summed E-state index contributed by atoms with van der Waals surface area (Å²) >= 11 is 7.79. The number of carbonyl (C=O) groups excluding carboxylic acids is 1. The minimum atomic E-state index is -6.10. The molecular formula is C64H71ClF4N8O8S3. The fraction of sp³-hybridized carbons (Fsp3) is 0.391. The third-order valence-electron chi connectivity index (χ3n) is 16.8. The molecule has 0 radical (unpaired) electrons. The Morgan fingerprint density at radius 1 is 0.818 bits per heavy atom. The van der Waals surface area contributed by atoms with Crippen molar-refractivity contribution in [2.75, 3.05) is 101 Å². The number of H-pyrrole nitrogens is 1. The molecule has 0 bridgehead atoms. The lowest BCUT2D eigenvalue weighted by Crippen LogP contribution is -2.47. The van der Waals surface area contributed by atoms with Gasteiger partial charge in [-0.15, -0.1) is 11.8 Å². The molecule has 88 heavy (non-hydrogen) atoms. The zero-order valence-corrected chi connectivity index (χ0v) is 52.0. The van der Waals surface area contributed by atoms with Crippen molar-refractivity contribution < 1.29 is 43.9 Å². The number of sulfonamides is 1. The van der Waals surface area contributed by atoms with E-state index in [1.54, 1.807) is 24.3 Å². The van der Waals surface area contributed by atoms with Crippen molar-refractivity contribution in [3.05, 3.63) is 193 Å². The molecule has 1 amide bonds. The maximum absolute atomic E-state index is 15.3. The summed E-state index contributed by atoms with van der Waals surface area (Å²) in [6.07, 6.45) is 8.15. The molecule has 3 N–H and O–H groups in total. The molecule has 2 fully saturated rings. The zero-order valence-electron chi connectivity index (χ0n) is 48.7. The van der Waals surface area contributed by atoms with Crippen LogP contribution in [-0.2, 0) is 31.1 Å². The Morgan fingerprint density at radius 3 is 2.30 bits per heavy atom. The number of rotatable bonds is 21. The monoisotopic (exact) mass is 1290 g/mol. The predicted octanol–water partition coefficient (Wildman–Crippen LogP) is 10.0. The van der Waals surface area contributed by atoms with E-state index in [2.05, 4.69) is 55.0 Å². The van der Waals surface area contributed by atoms with E-state index in [4.69, 9.17) is 16.3 Å². The van der Waals surface area contributed by atoms with Gasteiger partial charge in [0.25, 0.3) is 31.3 Å². The molecule has 2 atom stereocenters. The molecule has 0 spiro atoms. The number of nitrogens with one attached hydrogen (secondary N) is 3. The summed E-state index contributed by atoms with van der Waals surface area (Å²) in [5.41, 5.74) is -0.495. The fourth-order valence-electron chi connectivity index (χ4n) is 12.0. The van der Waals surface area contributed by atoms with E-state index in [9.17, 15) is 44.4 Å². The summed E-state index contributed by atoms with van der Waals surface area (Å²) in [6.45, 7) is 11.5. The Bertz CT molecular complexity index is 3870. The maximum atomic E-state index is 15.3. The molecule has 4 aliphatic rings. The van der Waals surface area contributed by atoms with E-state index in [0.29, 0.717) is 81.2 Å². The number of halogens is 5. The van der Waals surface area contributed by atoms with Gasteiger partial charge in [-0.1, -0.05) is 66.6 Å². The SMILES string of the molecule is C[C@@]1(CN2CC=C(c3cc(Cn4ccc(=O)[nH]c4=O)ccc3F)CC2)CCC(c2ccc(Cl)cc2)=C(CN2CCN(c3ccc(C(=O)NS(=O)(=O)c4ccc(N[C@H](CCN5CCCOCC5)CSc5ccccc5)c(S(=O)(=O)C(F)(F)F)c4)cc3)CC2)C1. The van der Waals surface area contributed by atoms with Gasteiger partial charge < -0.3 is 19.9 Å². The van der Waals surface area contributed by atoms with Crippen molar-refractivity contribution in [1.82, 2.24) is 29.0 Å². The summed E-state index contributed by atoms with van der Waals surface area (Å²) < 4.78 is 121. The quantitative estimate of drug-likeness (QED) is 0.0457. The van der Waals surface area contributed by atoms with Crippen LogP contribution in [0.2, 0.25) is 5.02 Å². The number of nitrogens with zero attached hydrogens (tertiary/aromatic N) is 5. The summed E-state index contributed by atoms with van der Waals surface area (Å²) in [5.74, 6) is -1.04. The highest BCUT2D eigenvalue weighted by atomic mass is 35.5. The Balaban J connectivity index is 0.770. The van der Waals surface area contributed by atoms with Crippen LogP contribution in [-0.4, -0.2) is 150 Å². The van der Waals surface area contributed by atoms with Gasteiger partial charge in [0.2, 0.25) is 0 Å². The number of allylic oxidation sites excluding steroid dienone is 1. The number of benzene rings is 5. The molecule has 2 saturated heterocycles. The second-order valence-electron chi connectivity index (χ2n) is 23.3. The Hall–Kier alpha value is -6.57. The highest BCUT2D eigenvalue weighted by Crippen LogP contribution is 2.45. The second-order valence-corrected chi connectivity index (χ2v) is 28.4. The third kappa shape index (κ3) is 16.2. The number of carbonyl (C=O) groups is 1. The zero-order chi connectivity index (χ0) is 62.2. The van der Waals surface area contributed by atoms with Crippen LogP contribution in [0.4, 0.5) is 28.9 Å². The lowest BCUT2D eigenvalue weighted by atomic mass is 9.71. The first kappa shape index (κ1) is 64.4. The van der Waals surface area contributed by atoms with Crippen LogP contribution >= 0.6 is 23.4 Å². The van der Waals surface area contributed by atoms with Gasteiger partial charge in [-0.2, -0.15) is 13.2 Å². The molecule has 0 unspecified atom stereocenters. The third-order valence-corrected chi connectivity index (χ3v) is 21.1. The number of amides is 1. The number of alkyl halides is 3. The van der Waals surface area contributed by atoms with Crippen molar-refractivity contribution in [2.24, 2.45) is 5.41 Å². The van der Waals surface area contributed by atoms with Crippen molar-refractivity contribution in [3.63, 3.8) is 0 Å². The highest BCUT2D eigenvalue weighted by molar-refractivity contribution is 7.99. The van der Waals surface area contributed by atoms with Crippen molar-refractivity contribution in [2.45, 2.75) is 78.2 Å². The van der Waals surface area contributed by atoms with Gasteiger partial charge in [0.1, 0.15) is 10.7 Å². The van der Waals surface area contributed by atoms with E-state index in [1.807, 2.05) is 47.2 Å².